The number of pyridine rings is 1. The fourth-order valence-electron chi connectivity index (χ4n) is 3.50. The standard InChI is InChI=1S/C21H20ClN3O3S/c22-18-10-9-15(29(27,28)25-12-2-1-3-13-25)14-17(18)21(26)24-20-8-4-7-19-16(20)6-5-11-23-19/h4-11,14H,1-3,12-13H2,(H,24,26). The van der Waals surface area contributed by atoms with Gasteiger partial charge in [-0.05, 0) is 55.3 Å². The first-order valence-electron chi connectivity index (χ1n) is 9.41. The number of hydrogen-bond donors (Lipinski definition) is 1. The second-order valence-corrected chi connectivity index (χ2v) is 9.28. The molecule has 0 atom stereocenters. The fraction of sp³-hybridized carbons (Fsp3) is 0.238. The third-order valence-corrected chi connectivity index (χ3v) is 7.25. The van der Waals surface area contributed by atoms with Gasteiger partial charge in [0, 0.05) is 24.7 Å². The Kier molecular flexibility index (Phi) is 5.54. The van der Waals surface area contributed by atoms with Crippen LogP contribution in [0.4, 0.5) is 5.69 Å². The molecule has 1 amide bonds. The summed E-state index contributed by atoms with van der Waals surface area (Å²) in [6.45, 7) is 0.991. The number of sulfonamides is 1. The quantitative estimate of drug-likeness (QED) is 0.670. The van der Waals surface area contributed by atoms with E-state index in [1.807, 2.05) is 12.1 Å². The molecule has 1 aliphatic heterocycles. The summed E-state index contributed by atoms with van der Waals surface area (Å²) in [4.78, 5) is 17.3. The normalized spacial score (nSPS) is 15.3. The first kappa shape index (κ1) is 19.8. The summed E-state index contributed by atoms with van der Waals surface area (Å²) in [5, 5.41) is 3.81. The lowest BCUT2D eigenvalue weighted by molar-refractivity contribution is 0.102. The molecule has 150 valence electrons. The lowest BCUT2D eigenvalue weighted by Gasteiger charge is -2.26. The molecule has 0 bridgehead atoms. The number of carbonyl (C=O) groups is 1. The van der Waals surface area contributed by atoms with Gasteiger partial charge in [0.25, 0.3) is 5.91 Å². The van der Waals surface area contributed by atoms with Gasteiger partial charge in [0.05, 0.1) is 26.7 Å². The average molecular weight is 430 g/mol. The number of anilines is 1. The minimum atomic E-state index is -3.66. The van der Waals surface area contributed by atoms with Gasteiger partial charge in [0.15, 0.2) is 0 Å². The SMILES string of the molecule is O=C(Nc1cccc2ncccc12)c1cc(S(=O)(=O)N2CCCCC2)ccc1Cl. The van der Waals surface area contributed by atoms with Gasteiger partial charge < -0.3 is 5.32 Å². The van der Waals surface area contributed by atoms with Gasteiger partial charge in [-0.1, -0.05) is 24.1 Å². The van der Waals surface area contributed by atoms with E-state index >= 15 is 0 Å². The molecule has 1 fully saturated rings. The van der Waals surface area contributed by atoms with E-state index in [2.05, 4.69) is 10.3 Å². The van der Waals surface area contributed by atoms with E-state index in [9.17, 15) is 13.2 Å². The third-order valence-electron chi connectivity index (χ3n) is 5.03. The monoisotopic (exact) mass is 429 g/mol. The summed E-state index contributed by atoms with van der Waals surface area (Å²) in [6, 6.07) is 13.3. The Morgan fingerprint density at radius 3 is 2.62 bits per heavy atom. The third kappa shape index (κ3) is 3.99. The van der Waals surface area contributed by atoms with Crippen LogP contribution in [-0.4, -0.2) is 36.7 Å². The molecule has 0 aliphatic carbocycles. The molecule has 2 aromatic carbocycles. The number of hydrogen-bond acceptors (Lipinski definition) is 4. The Hall–Kier alpha value is -2.48. The van der Waals surface area contributed by atoms with Crippen LogP contribution in [-0.2, 0) is 10.0 Å². The zero-order valence-electron chi connectivity index (χ0n) is 15.6. The summed E-state index contributed by atoms with van der Waals surface area (Å²) in [6.07, 6.45) is 4.39. The van der Waals surface area contributed by atoms with Crippen molar-refractivity contribution >= 4 is 44.1 Å². The maximum absolute atomic E-state index is 12.9. The first-order chi connectivity index (χ1) is 14.0. The number of carbonyl (C=O) groups excluding carboxylic acids is 1. The van der Waals surface area contributed by atoms with Gasteiger partial charge >= 0.3 is 0 Å². The van der Waals surface area contributed by atoms with Crippen LogP contribution in [0.3, 0.4) is 0 Å². The molecular formula is C21H20ClN3O3S. The molecule has 1 aromatic heterocycles. The minimum Gasteiger partial charge on any atom is -0.321 e. The lowest BCUT2D eigenvalue weighted by atomic mass is 10.1. The van der Waals surface area contributed by atoms with Gasteiger partial charge in [0.2, 0.25) is 10.0 Å². The second kappa shape index (κ2) is 8.10. The first-order valence-corrected chi connectivity index (χ1v) is 11.2. The van der Waals surface area contributed by atoms with Crippen molar-refractivity contribution in [1.29, 1.82) is 0 Å². The molecule has 0 spiro atoms. The van der Waals surface area contributed by atoms with Crippen molar-refractivity contribution in [3.63, 3.8) is 0 Å². The van der Waals surface area contributed by atoms with E-state index < -0.39 is 15.9 Å². The summed E-state index contributed by atoms with van der Waals surface area (Å²) in [7, 11) is -3.66. The number of nitrogens with one attached hydrogen (secondary N) is 1. The lowest BCUT2D eigenvalue weighted by Crippen LogP contribution is -2.35. The van der Waals surface area contributed by atoms with Crippen molar-refractivity contribution in [1.82, 2.24) is 9.29 Å². The number of nitrogens with zero attached hydrogens (tertiary/aromatic N) is 2. The van der Waals surface area contributed by atoms with Crippen molar-refractivity contribution in [2.75, 3.05) is 18.4 Å². The highest BCUT2D eigenvalue weighted by Crippen LogP contribution is 2.27. The Morgan fingerprint density at radius 1 is 1.03 bits per heavy atom. The number of amides is 1. The molecule has 4 rings (SSSR count). The van der Waals surface area contributed by atoms with E-state index in [1.165, 1.54) is 22.5 Å². The highest BCUT2D eigenvalue weighted by Gasteiger charge is 2.27. The molecule has 29 heavy (non-hydrogen) atoms. The second-order valence-electron chi connectivity index (χ2n) is 6.94. The van der Waals surface area contributed by atoms with Crippen LogP contribution in [0.2, 0.25) is 5.02 Å². The zero-order chi connectivity index (χ0) is 20.4. The predicted molar refractivity (Wildman–Crippen MR) is 114 cm³/mol. The molecule has 0 unspecified atom stereocenters. The Labute approximate surface area is 174 Å². The number of aromatic nitrogens is 1. The van der Waals surface area contributed by atoms with Crippen LogP contribution in [0.25, 0.3) is 10.9 Å². The summed E-state index contributed by atoms with van der Waals surface area (Å²) in [5.41, 5.74) is 1.45. The number of halogens is 1. The zero-order valence-corrected chi connectivity index (χ0v) is 17.2. The Bertz CT molecular complexity index is 1170. The van der Waals surface area contributed by atoms with Crippen molar-refractivity contribution in [3.05, 3.63) is 65.3 Å². The number of fused-ring (bicyclic) bond motifs is 1. The smallest absolute Gasteiger partial charge is 0.257 e. The molecule has 2 heterocycles. The Balaban J connectivity index is 1.66. The molecule has 1 saturated heterocycles. The van der Waals surface area contributed by atoms with Crippen LogP contribution in [0.1, 0.15) is 29.6 Å². The predicted octanol–water partition coefficient (Wildman–Crippen LogP) is 4.32. The van der Waals surface area contributed by atoms with Gasteiger partial charge in [-0.3, -0.25) is 9.78 Å². The van der Waals surface area contributed by atoms with Gasteiger partial charge in [-0.15, -0.1) is 0 Å². The average Bonchev–Trinajstić information content (AvgIpc) is 2.75. The molecule has 8 heteroatoms. The van der Waals surface area contributed by atoms with Crippen molar-refractivity contribution < 1.29 is 13.2 Å². The largest absolute Gasteiger partial charge is 0.321 e. The van der Waals surface area contributed by atoms with E-state index in [0.717, 1.165) is 30.2 Å². The molecule has 1 aliphatic rings. The highest BCUT2D eigenvalue weighted by atomic mass is 35.5. The summed E-state index contributed by atoms with van der Waals surface area (Å²) in [5.74, 6) is -0.470. The van der Waals surface area contributed by atoms with Gasteiger partial charge in [-0.2, -0.15) is 4.31 Å². The minimum absolute atomic E-state index is 0.0773. The number of piperidine rings is 1. The van der Waals surface area contributed by atoms with E-state index in [0.29, 0.717) is 18.8 Å². The van der Waals surface area contributed by atoms with Crippen LogP contribution >= 0.6 is 11.6 Å². The van der Waals surface area contributed by atoms with Crippen LogP contribution in [0.5, 0.6) is 0 Å². The molecule has 0 saturated carbocycles. The molecule has 3 aromatic rings. The van der Waals surface area contributed by atoms with E-state index in [-0.39, 0.29) is 15.5 Å². The summed E-state index contributed by atoms with van der Waals surface area (Å²) < 4.78 is 27.4. The summed E-state index contributed by atoms with van der Waals surface area (Å²) >= 11 is 6.23. The number of benzene rings is 2. The maximum Gasteiger partial charge on any atom is 0.257 e. The van der Waals surface area contributed by atoms with Gasteiger partial charge in [0.1, 0.15) is 0 Å². The van der Waals surface area contributed by atoms with Crippen molar-refractivity contribution in [2.24, 2.45) is 0 Å². The molecule has 1 N–H and O–H groups in total. The van der Waals surface area contributed by atoms with Crippen molar-refractivity contribution in [2.45, 2.75) is 24.2 Å². The maximum atomic E-state index is 12.9. The van der Waals surface area contributed by atoms with E-state index in [4.69, 9.17) is 11.6 Å². The topological polar surface area (TPSA) is 79.4 Å². The Morgan fingerprint density at radius 2 is 1.83 bits per heavy atom. The van der Waals surface area contributed by atoms with E-state index in [1.54, 1.807) is 24.4 Å². The fourth-order valence-corrected chi connectivity index (χ4v) is 5.24. The van der Waals surface area contributed by atoms with Crippen LogP contribution < -0.4 is 5.32 Å². The van der Waals surface area contributed by atoms with Crippen molar-refractivity contribution in [3.8, 4) is 0 Å². The van der Waals surface area contributed by atoms with Crippen LogP contribution in [0.15, 0.2) is 59.6 Å². The van der Waals surface area contributed by atoms with Gasteiger partial charge in [-0.25, -0.2) is 8.42 Å². The molecule has 6 nitrogen and oxygen atoms in total. The van der Waals surface area contributed by atoms with Crippen LogP contribution in [0, 0.1) is 0 Å². The molecule has 0 radical (unpaired) electrons. The molecular weight excluding hydrogens is 410 g/mol. The number of rotatable bonds is 4. The highest BCUT2D eigenvalue weighted by molar-refractivity contribution is 7.89.